The highest BCUT2D eigenvalue weighted by atomic mass is 16.2. The maximum absolute atomic E-state index is 12.5. The van der Waals surface area contributed by atoms with E-state index in [1.54, 1.807) is 23.9 Å². The number of nitrogens with zero attached hydrogens (tertiary/aromatic N) is 4. The molecular formula is C18H16N6O3. The number of carbonyl (C=O) groups is 1. The second-order valence-corrected chi connectivity index (χ2v) is 6.03. The molecule has 3 aromatic heterocycles. The van der Waals surface area contributed by atoms with Gasteiger partial charge in [-0.25, -0.2) is 9.78 Å². The van der Waals surface area contributed by atoms with Gasteiger partial charge in [-0.1, -0.05) is 18.2 Å². The van der Waals surface area contributed by atoms with Crippen LogP contribution in [0.2, 0.25) is 0 Å². The largest absolute Gasteiger partial charge is 0.349 e. The third kappa shape index (κ3) is 2.88. The van der Waals surface area contributed by atoms with Crippen LogP contribution >= 0.6 is 0 Å². The first kappa shape index (κ1) is 16.7. The molecule has 0 aliphatic rings. The first-order valence-corrected chi connectivity index (χ1v) is 8.34. The summed E-state index contributed by atoms with van der Waals surface area (Å²) in [5, 5.41) is 8.02. The standard InChI is InChI=1S/C18H16N6O3/c1-23-13-7-3-2-5-11(13)14(22-23)16(25)20-9-10-24-17(26)12-6-4-8-19-15(12)21-18(24)27/h2-8H,9-10H2,1H3,(H,20,25)(H,19,21,27). The van der Waals surface area contributed by atoms with Crippen molar-refractivity contribution >= 4 is 27.8 Å². The molecular weight excluding hydrogens is 348 g/mol. The van der Waals surface area contributed by atoms with Crippen molar-refractivity contribution in [3.63, 3.8) is 0 Å². The number of carbonyl (C=O) groups excluding carboxylic acids is 1. The van der Waals surface area contributed by atoms with E-state index in [1.807, 2.05) is 24.3 Å². The van der Waals surface area contributed by atoms with E-state index in [0.29, 0.717) is 11.1 Å². The van der Waals surface area contributed by atoms with Crippen LogP contribution in [-0.2, 0) is 13.6 Å². The number of rotatable bonds is 4. The molecule has 4 rings (SSSR count). The van der Waals surface area contributed by atoms with E-state index in [0.717, 1.165) is 15.5 Å². The molecule has 0 atom stereocenters. The summed E-state index contributed by atoms with van der Waals surface area (Å²) in [6.07, 6.45) is 1.50. The zero-order valence-corrected chi connectivity index (χ0v) is 14.5. The fourth-order valence-corrected chi connectivity index (χ4v) is 3.03. The molecule has 0 saturated heterocycles. The molecule has 0 radical (unpaired) electrons. The molecule has 136 valence electrons. The lowest BCUT2D eigenvalue weighted by Crippen LogP contribution is -2.39. The average Bonchev–Trinajstić information content (AvgIpc) is 3.01. The highest BCUT2D eigenvalue weighted by molar-refractivity contribution is 6.04. The third-order valence-electron chi connectivity index (χ3n) is 4.35. The summed E-state index contributed by atoms with van der Waals surface area (Å²) in [5.41, 5.74) is 0.380. The normalized spacial score (nSPS) is 11.1. The Hall–Kier alpha value is -3.75. The number of fused-ring (bicyclic) bond motifs is 2. The van der Waals surface area contributed by atoms with Crippen LogP contribution in [0, 0.1) is 0 Å². The molecule has 0 unspecified atom stereocenters. The molecule has 1 amide bonds. The van der Waals surface area contributed by atoms with Gasteiger partial charge < -0.3 is 5.32 Å². The lowest BCUT2D eigenvalue weighted by Gasteiger charge is -2.07. The molecule has 0 fully saturated rings. The molecule has 27 heavy (non-hydrogen) atoms. The Labute approximate surface area is 152 Å². The number of benzene rings is 1. The molecule has 4 aromatic rings. The summed E-state index contributed by atoms with van der Waals surface area (Å²) in [6, 6.07) is 10.6. The van der Waals surface area contributed by atoms with E-state index in [4.69, 9.17) is 0 Å². The molecule has 0 spiro atoms. The van der Waals surface area contributed by atoms with Gasteiger partial charge in [0.1, 0.15) is 5.65 Å². The van der Waals surface area contributed by atoms with Gasteiger partial charge in [-0.3, -0.25) is 23.8 Å². The fourth-order valence-electron chi connectivity index (χ4n) is 3.03. The Bertz CT molecular complexity index is 1280. The smallest absolute Gasteiger partial charge is 0.330 e. The van der Waals surface area contributed by atoms with Crippen LogP contribution < -0.4 is 16.6 Å². The van der Waals surface area contributed by atoms with Gasteiger partial charge in [0, 0.05) is 31.7 Å². The van der Waals surface area contributed by atoms with Gasteiger partial charge >= 0.3 is 5.69 Å². The van der Waals surface area contributed by atoms with E-state index in [1.165, 1.54) is 6.20 Å². The zero-order valence-electron chi connectivity index (χ0n) is 14.5. The van der Waals surface area contributed by atoms with Crippen molar-refractivity contribution in [1.29, 1.82) is 0 Å². The second-order valence-electron chi connectivity index (χ2n) is 6.03. The van der Waals surface area contributed by atoms with Crippen LogP contribution in [0.4, 0.5) is 0 Å². The molecule has 2 N–H and O–H groups in total. The zero-order chi connectivity index (χ0) is 19.0. The molecule has 0 bridgehead atoms. The third-order valence-corrected chi connectivity index (χ3v) is 4.35. The van der Waals surface area contributed by atoms with Crippen molar-refractivity contribution in [3.8, 4) is 0 Å². The first-order valence-electron chi connectivity index (χ1n) is 8.34. The summed E-state index contributed by atoms with van der Waals surface area (Å²) in [4.78, 5) is 43.6. The number of aryl methyl sites for hydroxylation is 1. The van der Waals surface area contributed by atoms with Crippen LogP contribution in [0.15, 0.2) is 52.2 Å². The van der Waals surface area contributed by atoms with Gasteiger partial charge in [0.25, 0.3) is 11.5 Å². The Morgan fingerprint density at radius 1 is 1.15 bits per heavy atom. The minimum Gasteiger partial charge on any atom is -0.349 e. The number of hydrogen-bond donors (Lipinski definition) is 2. The van der Waals surface area contributed by atoms with Gasteiger partial charge in [0.2, 0.25) is 0 Å². The van der Waals surface area contributed by atoms with Gasteiger partial charge in [-0.15, -0.1) is 0 Å². The highest BCUT2D eigenvalue weighted by Gasteiger charge is 2.15. The summed E-state index contributed by atoms with van der Waals surface area (Å²) in [5.74, 6) is -0.362. The van der Waals surface area contributed by atoms with Crippen LogP contribution in [0.1, 0.15) is 10.5 Å². The first-order chi connectivity index (χ1) is 13.1. The van der Waals surface area contributed by atoms with Crippen LogP contribution in [0.5, 0.6) is 0 Å². The number of amides is 1. The van der Waals surface area contributed by atoms with Crippen molar-refractivity contribution in [1.82, 2.24) is 29.6 Å². The Kier molecular flexibility index (Phi) is 4.03. The fraction of sp³-hybridized carbons (Fsp3) is 0.167. The van der Waals surface area contributed by atoms with E-state index >= 15 is 0 Å². The quantitative estimate of drug-likeness (QED) is 0.544. The topological polar surface area (TPSA) is 115 Å². The van der Waals surface area contributed by atoms with Gasteiger partial charge in [0.05, 0.1) is 10.9 Å². The molecule has 9 heteroatoms. The van der Waals surface area contributed by atoms with E-state index in [9.17, 15) is 14.4 Å². The van der Waals surface area contributed by atoms with E-state index in [2.05, 4.69) is 20.4 Å². The minimum atomic E-state index is -0.566. The highest BCUT2D eigenvalue weighted by Crippen LogP contribution is 2.17. The molecule has 0 saturated carbocycles. The van der Waals surface area contributed by atoms with Crippen molar-refractivity contribution in [3.05, 3.63) is 69.1 Å². The number of pyridine rings is 1. The van der Waals surface area contributed by atoms with Crippen LogP contribution in [-0.4, -0.2) is 36.8 Å². The van der Waals surface area contributed by atoms with Gasteiger partial charge in [-0.05, 0) is 18.2 Å². The summed E-state index contributed by atoms with van der Waals surface area (Å²) in [6.45, 7) is 0.147. The second kappa shape index (κ2) is 6.52. The van der Waals surface area contributed by atoms with Crippen LogP contribution in [0.3, 0.4) is 0 Å². The Morgan fingerprint density at radius 2 is 1.93 bits per heavy atom. The number of hydrogen-bond acceptors (Lipinski definition) is 5. The van der Waals surface area contributed by atoms with Crippen molar-refractivity contribution in [2.45, 2.75) is 6.54 Å². The monoisotopic (exact) mass is 364 g/mol. The average molecular weight is 364 g/mol. The number of aromatic nitrogens is 5. The Morgan fingerprint density at radius 3 is 2.78 bits per heavy atom. The number of para-hydroxylation sites is 1. The lowest BCUT2D eigenvalue weighted by molar-refractivity contribution is 0.0948. The molecule has 9 nitrogen and oxygen atoms in total. The van der Waals surface area contributed by atoms with Crippen molar-refractivity contribution < 1.29 is 4.79 Å². The maximum atomic E-state index is 12.5. The van der Waals surface area contributed by atoms with Crippen molar-refractivity contribution in [2.24, 2.45) is 7.05 Å². The summed E-state index contributed by atoms with van der Waals surface area (Å²) in [7, 11) is 1.77. The van der Waals surface area contributed by atoms with Gasteiger partial charge in [-0.2, -0.15) is 5.10 Å². The van der Waals surface area contributed by atoms with E-state index < -0.39 is 11.2 Å². The lowest BCUT2D eigenvalue weighted by atomic mass is 10.2. The maximum Gasteiger partial charge on any atom is 0.330 e. The minimum absolute atomic E-state index is 0.0372. The summed E-state index contributed by atoms with van der Waals surface area (Å²) >= 11 is 0. The SMILES string of the molecule is Cn1nc(C(=O)NCCn2c(=O)[nH]c3ncccc3c2=O)c2ccccc21. The van der Waals surface area contributed by atoms with E-state index in [-0.39, 0.29) is 24.6 Å². The van der Waals surface area contributed by atoms with Gasteiger partial charge in [0.15, 0.2) is 5.69 Å². The Balaban J connectivity index is 1.55. The molecule has 0 aliphatic heterocycles. The number of aromatic amines is 1. The number of nitrogens with one attached hydrogen (secondary N) is 2. The number of H-pyrrole nitrogens is 1. The molecule has 0 aliphatic carbocycles. The molecule has 1 aromatic carbocycles. The predicted octanol–water partition coefficient (Wildman–Crippen LogP) is 0.402. The van der Waals surface area contributed by atoms with Crippen molar-refractivity contribution in [2.75, 3.05) is 6.54 Å². The summed E-state index contributed by atoms with van der Waals surface area (Å²) < 4.78 is 2.68. The predicted molar refractivity (Wildman–Crippen MR) is 99.7 cm³/mol. The molecule has 3 heterocycles. The van der Waals surface area contributed by atoms with Crippen LogP contribution in [0.25, 0.3) is 21.9 Å².